The van der Waals surface area contributed by atoms with Crippen LogP contribution in [-0.2, 0) is 0 Å². The fourth-order valence-corrected chi connectivity index (χ4v) is 2.24. The fraction of sp³-hybridized carbons (Fsp3) is 0.462. The van der Waals surface area contributed by atoms with Gasteiger partial charge in [0.15, 0.2) is 0 Å². The summed E-state index contributed by atoms with van der Waals surface area (Å²) in [7, 11) is 0. The third-order valence-corrected chi connectivity index (χ3v) is 3.44. The van der Waals surface area contributed by atoms with Crippen LogP contribution in [0, 0.1) is 10.1 Å². The minimum absolute atomic E-state index is 0.0455. The SMILES string of the molecule is CC1(NC(=O)Nc2cccc([N+](=O)[O-])c2)CCNCC1. The molecule has 0 spiro atoms. The Balaban J connectivity index is 1.97. The number of carbonyl (C=O) groups is 1. The van der Waals surface area contributed by atoms with Gasteiger partial charge in [-0.3, -0.25) is 10.1 Å². The molecule has 0 aliphatic carbocycles. The molecule has 1 heterocycles. The van der Waals surface area contributed by atoms with Gasteiger partial charge in [-0.2, -0.15) is 0 Å². The minimum Gasteiger partial charge on any atom is -0.333 e. The third kappa shape index (κ3) is 3.67. The Bertz CT molecular complexity index is 512. The Morgan fingerprint density at radius 3 is 2.75 bits per heavy atom. The van der Waals surface area contributed by atoms with Crippen molar-refractivity contribution in [3.05, 3.63) is 34.4 Å². The lowest BCUT2D eigenvalue weighted by Crippen LogP contribution is -2.53. The quantitative estimate of drug-likeness (QED) is 0.580. The van der Waals surface area contributed by atoms with Gasteiger partial charge >= 0.3 is 6.03 Å². The van der Waals surface area contributed by atoms with Crippen molar-refractivity contribution in [1.82, 2.24) is 10.6 Å². The zero-order chi connectivity index (χ0) is 14.6. The lowest BCUT2D eigenvalue weighted by Gasteiger charge is -2.34. The van der Waals surface area contributed by atoms with Crippen LogP contribution >= 0.6 is 0 Å². The number of benzene rings is 1. The summed E-state index contributed by atoms with van der Waals surface area (Å²) in [5.74, 6) is 0. The van der Waals surface area contributed by atoms with Gasteiger partial charge in [0, 0.05) is 23.4 Å². The molecule has 2 rings (SSSR count). The van der Waals surface area contributed by atoms with Crippen LogP contribution < -0.4 is 16.0 Å². The zero-order valence-corrected chi connectivity index (χ0v) is 11.3. The molecule has 1 fully saturated rings. The number of amides is 2. The Labute approximate surface area is 116 Å². The van der Waals surface area contributed by atoms with Crippen molar-refractivity contribution in [2.45, 2.75) is 25.3 Å². The van der Waals surface area contributed by atoms with Crippen molar-refractivity contribution >= 4 is 17.4 Å². The van der Waals surface area contributed by atoms with E-state index < -0.39 is 4.92 Å². The highest BCUT2D eigenvalue weighted by atomic mass is 16.6. The molecule has 0 atom stereocenters. The number of nitro groups is 1. The van der Waals surface area contributed by atoms with Gasteiger partial charge in [-0.15, -0.1) is 0 Å². The van der Waals surface area contributed by atoms with Crippen molar-refractivity contribution in [1.29, 1.82) is 0 Å². The van der Waals surface area contributed by atoms with Crippen LogP contribution in [0.25, 0.3) is 0 Å². The topological polar surface area (TPSA) is 96.3 Å². The lowest BCUT2D eigenvalue weighted by atomic mass is 9.91. The average molecular weight is 278 g/mol. The minimum atomic E-state index is -0.489. The molecular weight excluding hydrogens is 260 g/mol. The van der Waals surface area contributed by atoms with Gasteiger partial charge < -0.3 is 16.0 Å². The van der Waals surface area contributed by atoms with E-state index in [4.69, 9.17) is 0 Å². The Kier molecular flexibility index (Phi) is 4.19. The van der Waals surface area contributed by atoms with E-state index in [9.17, 15) is 14.9 Å². The second-order valence-corrected chi connectivity index (χ2v) is 5.20. The first-order valence-corrected chi connectivity index (χ1v) is 6.53. The highest BCUT2D eigenvalue weighted by molar-refractivity contribution is 5.90. The molecule has 1 aromatic rings. The number of rotatable bonds is 3. The molecule has 1 saturated heterocycles. The summed E-state index contributed by atoms with van der Waals surface area (Å²) in [6.07, 6.45) is 1.71. The molecule has 1 aliphatic heterocycles. The number of nitro benzene ring substituents is 1. The number of carbonyl (C=O) groups excluding carboxylic acids is 1. The summed E-state index contributed by atoms with van der Waals surface area (Å²) in [6, 6.07) is 5.55. The predicted octanol–water partition coefficient (Wildman–Crippen LogP) is 1.86. The normalized spacial score (nSPS) is 17.2. The van der Waals surface area contributed by atoms with E-state index in [0.29, 0.717) is 5.69 Å². The number of hydrogen-bond acceptors (Lipinski definition) is 4. The van der Waals surface area contributed by atoms with E-state index in [-0.39, 0.29) is 17.3 Å². The Hall–Kier alpha value is -2.15. The first kappa shape index (κ1) is 14.3. The summed E-state index contributed by atoms with van der Waals surface area (Å²) >= 11 is 0. The van der Waals surface area contributed by atoms with Gasteiger partial charge in [-0.1, -0.05) is 6.07 Å². The third-order valence-electron chi connectivity index (χ3n) is 3.44. The van der Waals surface area contributed by atoms with Crippen molar-refractivity contribution in [3.8, 4) is 0 Å². The summed E-state index contributed by atoms with van der Waals surface area (Å²) < 4.78 is 0. The van der Waals surface area contributed by atoms with E-state index >= 15 is 0 Å². The molecule has 0 unspecified atom stereocenters. The highest BCUT2D eigenvalue weighted by Crippen LogP contribution is 2.19. The first-order chi connectivity index (χ1) is 9.48. The summed E-state index contributed by atoms with van der Waals surface area (Å²) in [5.41, 5.74) is 0.126. The fourth-order valence-electron chi connectivity index (χ4n) is 2.24. The number of non-ortho nitro benzene ring substituents is 1. The second-order valence-electron chi connectivity index (χ2n) is 5.20. The van der Waals surface area contributed by atoms with Gasteiger partial charge in [-0.05, 0) is 38.9 Å². The van der Waals surface area contributed by atoms with Gasteiger partial charge in [0.05, 0.1) is 4.92 Å². The van der Waals surface area contributed by atoms with Crippen molar-refractivity contribution in [2.75, 3.05) is 18.4 Å². The number of nitrogens with zero attached hydrogens (tertiary/aromatic N) is 1. The molecule has 0 radical (unpaired) electrons. The van der Waals surface area contributed by atoms with Crippen LogP contribution in [0.1, 0.15) is 19.8 Å². The molecule has 20 heavy (non-hydrogen) atoms. The molecule has 3 N–H and O–H groups in total. The molecule has 2 amide bonds. The maximum atomic E-state index is 12.0. The van der Waals surface area contributed by atoms with E-state index in [0.717, 1.165) is 25.9 Å². The van der Waals surface area contributed by atoms with Crippen molar-refractivity contribution < 1.29 is 9.72 Å². The van der Waals surface area contributed by atoms with E-state index in [1.54, 1.807) is 12.1 Å². The summed E-state index contributed by atoms with van der Waals surface area (Å²) in [6.45, 7) is 3.74. The van der Waals surface area contributed by atoms with E-state index in [1.807, 2.05) is 6.92 Å². The number of urea groups is 1. The number of piperidine rings is 1. The lowest BCUT2D eigenvalue weighted by molar-refractivity contribution is -0.384. The highest BCUT2D eigenvalue weighted by Gasteiger charge is 2.28. The number of hydrogen-bond donors (Lipinski definition) is 3. The van der Waals surface area contributed by atoms with Crippen LogP contribution in [0.3, 0.4) is 0 Å². The Morgan fingerprint density at radius 1 is 1.40 bits per heavy atom. The van der Waals surface area contributed by atoms with Crippen LogP contribution in [0.2, 0.25) is 0 Å². The maximum Gasteiger partial charge on any atom is 0.319 e. The molecule has 0 saturated carbocycles. The van der Waals surface area contributed by atoms with Gasteiger partial charge in [-0.25, -0.2) is 4.79 Å². The molecule has 7 nitrogen and oxygen atoms in total. The summed E-state index contributed by atoms with van der Waals surface area (Å²) in [5, 5.41) is 19.5. The van der Waals surface area contributed by atoms with Crippen molar-refractivity contribution in [3.63, 3.8) is 0 Å². The first-order valence-electron chi connectivity index (χ1n) is 6.53. The molecule has 1 aliphatic rings. The molecule has 7 heteroatoms. The van der Waals surface area contributed by atoms with Crippen LogP contribution in [-0.4, -0.2) is 29.6 Å². The standard InChI is InChI=1S/C13H18N4O3/c1-13(5-7-14-8-6-13)16-12(18)15-10-3-2-4-11(9-10)17(19)20/h2-4,9,14H,5-8H2,1H3,(H2,15,16,18). The average Bonchev–Trinajstić information content (AvgIpc) is 2.39. The molecule has 1 aromatic carbocycles. The van der Waals surface area contributed by atoms with Gasteiger partial charge in [0.2, 0.25) is 0 Å². The van der Waals surface area contributed by atoms with Gasteiger partial charge in [0.25, 0.3) is 5.69 Å². The van der Waals surface area contributed by atoms with E-state index in [1.165, 1.54) is 12.1 Å². The predicted molar refractivity (Wildman–Crippen MR) is 75.8 cm³/mol. The summed E-state index contributed by atoms with van der Waals surface area (Å²) in [4.78, 5) is 22.1. The van der Waals surface area contributed by atoms with Crippen molar-refractivity contribution in [2.24, 2.45) is 0 Å². The van der Waals surface area contributed by atoms with E-state index in [2.05, 4.69) is 16.0 Å². The van der Waals surface area contributed by atoms with Crippen LogP contribution in [0.4, 0.5) is 16.2 Å². The van der Waals surface area contributed by atoms with Crippen LogP contribution in [0.5, 0.6) is 0 Å². The van der Waals surface area contributed by atoms with Gasteiger partial charge in [0.1, 0.15) is 0 Å². The van der Waals surface area contributed by atoms with Crippen LogP contribution in [0.15, 0.2) is 24.3 Å². The molecule has 108 valence electrons. The Morgan fingerprint density at radius 2 is 2.10 bits per heavy atom. The number of nitrogens with one attached hydrogen (secondary N) is 3. The largest absolute Gasteiger partial charge is 0.333 e. The molecule has 0 bridgehead atoms. The molecule has 0 aromatic heterocycles. The number of anilines is 1. The molecular formula is C13H18N4O3. The zero-order valence-electron chi connectivity index (χ0n) is 11.3. The smallest absolute Gasteiger partial charge is 0.319 e. The monoisotopic (exact) mass is 278 g/mol. The second kappa shape index (κ2) is 5.87. The maximum absolute atomic E-state index is 12.0.